The Hall–Kier alpha value is -1.78. The van der Waals surface area contributed by atoms with E-state index in [1.54, 1.807) is 12.3 Å². The fourth-order valence-corrected chi connectivity index (χ4v) is 3.93. The van der Waals surface area contributed by atoms with Gasteiger partial charge in [0.2, 0.25) is 0 Å². The number of nitrogens with one attached hydrogen (secondary N) is 2. The van der Waals surface area contributed by atoms with E-state index >= 15 is 0 Å². The Balaban J connectivity index is 1.93. The van der Waals surface area contributed by atoms with Crippen molar-refractivity contribution in [1.29, 1.82) is 0 Å². The number of likely N-dealkylation sites (N-methyl/N-ethyl adjacent to an activating group) is 1. The standard InChI is InChI=1S/C15H15BrF2N4O2S/c1-19-11-7-22(8-11)15-13(4-9(16)6-20-15)21-25(23,24)14-3-2-10(17)5-12(14)18/h2-6,11,19,21H,7-8H2,1H3. The number of sulfonamides is 1. The van der Waals surface area contributed by atoms with Crippen LogP contribution in [0.4, 0.5) is 20.3 Å². The van der Waals surface area contributed by atoms with Gasteiger partial charge in [-0.1, -0.05) is 0 Å². The van der Waals surface area contributed by atoms with Gasteiger partial charge < -0.3 is 10.2 Å². The lowest BCUT2D eigenvalue weighted by Gasteiger charge is -2.40. The van der Waals surface area contributed by atoms with Gasteiger partial charge in [-0.2, -0.15) is 0 Å². The minimum Gasteiger partial charge on any atom is -0.352 e. The van der Waals surface area contributed by atoms with Crippen LogP contribution in [0.2, 0.25) is 0 Å². The first-order chi connectivity index (χ1) is 11.8. The molecule has 3 rings (SSSR count). The number of nitrogens with zero attached hydrogens (tertiary/aromatic N) is 2. The maximum atomic E-state index is 13.9. The number of anilines is 2. The van der Waals surface area contributed by atoms with E-state index in [4.69, 9.17) is 0 Å². The SMILES string of the molecule is CNC1CN(c2ncc(Br)cc2NS(=O)(=O)c2ccc(F)cc2F)C1. The number of hydrogen-bond acceptors (Lipinski definition) is 5. The zero-order valence-corrected chi connectivity index (χ0v) is 15.5. The number of pyridine rings is 1. The second-order valence-corrected chi connectivity index (χ2v) is 8.16. The first kappa shape index (κ1) is 18.0. The molecule has 1 saturated heterocycles. The zero-order chi connectivity index (χ0) is 18.2. The van der Waals surface area contributed by atoms with Crippen molar-refractivity contribution < 1.29 is 17.2 Å². The second-order valence-electron chi connectivity index (χ2n) is 5.60. The summed E-state index contributed by atoms with van der Waals surface area (Å²) in [7, 11) is -2.39. The van der Waals surface area contributed by atoms with Gasteiger partial charge in [0.05, 0.1) is 5.69 Å². The Labute approximate surface area is 152 Å². The van der Waals surface area contributed by atoms with Crippen LogP contribution in [0.25, 0.3) is 0 Å². The maximum Gasteiger partial charge on any atom is 0.264 e. The first-order valence-electron chi connectivity index (χ1n) is 7.36. The summed E-state index contributed by atoms with van der Waals surface area (Å²) in [6.07, 6.45) is 1.55. The smallest absolute Gasteiger partial charge is 0.264 e. The van der Waals surface area contributed by atoms with Crippen LogP contribution in [0.1, 0.15) is 0 Å². The van der Waals surface area contributed by atoms with Gasteiger partial charge in [0.15, 0.2) is 5.82 Å². The van der Waals surface area contributed by atoms with E-state index in [0.717, 1.165) is 12.1 Å². The number of benzene rings is 1. The molecule has 0 radical (unpaired) electrons. The molecule has 1 aromatic heterocycles. The summed E-state index contributed by atoms with van der Waals surface area (Å²) in [5, 5.41) is 3.12. The van der Waals surface area contributed by atoms with Crippen molar-refractivity contribution in [1.82, 2.24) is 10.3 Å². The molecule has 1 fully saturated rings. The fourth-order valence-electron chi connectivity index (χ4n) is 2.49. The van der Waals surface area contributed by atoms with Gasteiger partial charge in [-0.25, -0.2) is 22.2 Å². The lowest BCUT2D eigenvalue weighted by molar-refractivity contribution is 0.447. The number of rotatable bonds is 5. The first-order valence-corrected chi connectivity index (χ1v) is 9.63. The maximum absolute atomic E-state index is 13.9. The molecule has 0 unspecified atom stereocenters. The Morgan fingerprint density at radius 2 is 2.00 bits per heavy atom. The molecule has 2 N–H and O–H groups in total. The van der Waals surface area contributed by atoms with E-state index in [-0.39, 0.29) is 5.69 Å². The Bertz CT molecular complexity index is 904. The molecular formula is C15H15BrF2N4O2S. The summed E-state index contributed by atoms with van der Waals surface area (Å²) in [5.74, 6) is -1.56. The van der Waals surface area contributed by atoms with E-state index in [2.05, 4.69) is 31.0 Å². The van der Waals surface area contributed by atoms with Gasteiger partial charge in [-0.15, -0.1) is 0 Å². The molecule has 10 heteroatoms. The van der Waals surface area contributed by atoms with E-state index in [1.807, 2.05) is 11.9 Å². The monoisotopic (exact) mass is 432 g/mol. The predicted octanol–water partition coefficient (Wildman–Crippen LogP) is 2.33. The topological polar surface area (TPSA) is 74.3 Å². The average molecular weight is 433 g/mol. The van der Waals surface area contributed by atoms with Crippen molar-refractivity contribution in [2.75, 3.05) is 29.8 Å². The van der Waals surface area contributed by atoms with Gasteiger partial charge in [-0.3, -0.25) is 4.72 Å². The van der Waals surface area contributed by atoms with Crippen LogP contribution in [0, 0.1) is 11.6 Å². The average Bonchev–Trinajstić information content (AvgIpc) is 2.47. The van der Waals surface area contributed by atoms with Crippen LogP contribution >= 0.6 is 15.9 Å². The van der Waals surface area contributed by atoms with Crippen molar-refractivity contribution >= 4 is 37.5 Å². The van der Waals surface area contributed by atoms with Crippen molar-refractivity contribution in [3.8, 4) is 0 Å². The van der Waals surface area contributed by atoms with E-state index in [0.29, 0.717) is 35.5 Å². The van der Waals surface area contributed by atoms with Gasteiger partial charge >= 0.3 is 0 Å². The molecule has 1 aliphatic rings. The summed E-state index contributed by atoms with van der Waals surface area (Å²) in [6.45, 7) is 1.34. The van der Waals surface area contributed by atoms with Crippen LogP contribution in [-0.2, 0) is 10.0 Å². The molecule has 0 spiro atoms. The lowest BCUT2D eigenvalue weighted by Crippen LogP contribution is -2.57. The summed E-state index contributed by atoms with van der Waals surface area (Å²) in [5.41, 5.74) is 0.215. The van der Waals surface area contributed by atoms with Gasteiger partial charge in [0.1, 0.15) is 16.5 Å². The fraction of sp³-hybridized carbons (Fsp3) is 0.267. The molecule has 0 saturated carbocycles. The van der Waals surface area contributed by atoms with Crippen molar-refractivity contribution in [2.45, 2.75) is 10.9 Å². The molecular weight excluding hydrogens is 418 g/mol. The van der Waals surface area contributed by atoms with E-state index in [9.17, 15) is 17.2 Å². The van der Waals surface area contributed by atoms with E-state index < -0.39 is 26.6 Å². The Morgan fingerprint density at radius 1 is 1.28 bits per heavy atom. The highest BCUT2D eigenvalue weighted by molar-refractivity contribution is 9.10. The molecule has 0 aliphatic carbocycles. The van der Waals surface area contributed by atoms with Crippen LogP contribution in [0.15, 0.2) is 39.8 Å². The van der Waals surface area contributed by atoms with Gasteiger partial charge in [0.25, 0.3) is 10.0 Å². The van der Waals surface area contributed by atoms with Crippen LogP contribution in [0.5, 0.6) is 0 Å². The lowest BCUT2D eigenvalue weighted by atomic mass is 10.1. The Morgan fingerprint density at radius 3 is 2.64 bits per heavy atom. The van der Waals surface area contributed by atoms with Crippen LogP contribution in [0.3, 0.4) is 0 Å². The third-order valence-corrected chi connectivity index (χ3v) is 5.68. The molecule has 6 nitrogen and oxygen atoms in total. The highest BCUT2D eigenvalue weighted by Gasteiger charge is 2.30. The number of halogens is 3. The van der Waals surface area contributed by atoms with Crippen molar-refractivity contribution in [2.24, 2.45) is 0 Å². The number of hydrogen-bond donors (Lipinski definition) is 2. The minimum absolute atomic E-state index is 0.215. The molecule has 134 valence electrons. The summed E-state index contributed by atoms with van der Waals surface area (Å²) >= 11 is 3.25. The zero-order valence-electron chi connectivity index (χ0n) is 13.1. The second kappa shape index (κ2) is 6.85. The quantitative estimate of drug-likeness (QED) is 0.758. The van der Waals surface area contributed by atoms with Gasteiger partial charge in [-0.05, 0) is 41.2 Å². The molecule has 2 heterocycles. The highest BCUT2D eigenvalue weighted by Crippen LogP contribution is 2.31. The summed E-state index contributed by atoms with van der Waals surface area (Å²) < 4.78 is 54.8. The predicted molar refractivity (Wildman–Crippen MR) is 94.2 cm³/mol. The molecule has 1 aromatic carbocycles. The minimum atomic E-state index is -4.23. The van der Waals surface area contributed by atoms with Crippen molar-refractivity contribution in [3.05, 3.63) is 46.6 Å². The molecule has 0 bridgehead atoms. The molecule has 0 atom stereocenters. The number of aromatic nitrogens is 1. The molecule has 0 amide bonds. The van der Waals surface area contributed by atoms with Crippen LogP contribution < -0.4 is 14.9 Å². The third-order valence-electron chi connectivity index (χ3n) is 3.85. The normalized spacial score (nSPS) is 15.1. The third kappa shape index (κ3) is 3.75. The summed E-state index contributed by atoms with van der Waals surface area (Å²) in [4.78, 5) is 5.52. The molecule has 2 aromatic rings. The van der Waals surface area contributed by atoms with Crippen molar-refractivity contribution in [3.63, 3.8) is 0 Å². The summed E-state index contributed by atoms with van der Waals surface area (Å²) in [6, 6.07) is 4.16. The molecule has 1 aliphatic heterocycles. The Kier molecular flexibility index (Phi) is 4.94. The largest absolute Gasteiger partial charge is 0.352 e. The van der Waals surface area contributed by atoms with Gasteiger partial charge in [0, 0.05) is 35.9 Å². The van der Waals surface area contributed by atoms with Crippen LogP contribution in [-0.4, -0.2) is 39.6 Å². The highest BCUT2D eigenvalue weighted by atomic mass is 79.9. The molecule has 25 heavy (non-hydrogen) atoms. The van der Waals surface area contributed by atoms with E-state index in [1.165, 1.54) is 0 Å².